The molecule has 3 nitrogen and oxygen atoms in total. The Kier molecular flexibility index (Phi) is 4.11. The van der Waals surface area contributed by atoms with E-state index in [1.165, 1.54) is 5.56 Å². The fourth-order valence-electron chi connectivity index (χ4n) is 1.03. The summed E-state index contributed by atoms with van der Waals surface area (Å²) < 4.78 is 1.82. The fraction of sp³-hybridized carbons (Fsp3) is 0.625. The van der Waals surface area contributed by atoms with Crippen molar-refractivity contribution in [3.63, 3.8) is 0 Å². The molecule has 68 valence electrons. The van der Waals surface area contributed by atoms with Gasteiger partial charge in [-0.05, 0) is 18.5 Å². The lowest BCUT2D eigenvalue weighted by Gasteiger charge is -1.98. The molecule has 1 heterocycles. The van der Waals surface area contributed by atoms with Gasteiger partial charge in [0.15, 0.2) is 0 Å². The minimum Gasteiger partial charge on any atom is -0.315 e. The number of alkyl halides is 1. The van der Waals surface area contributed by atoms with Gasteiger partial charge < -0.3 is 5.32 Å². The van der Waals surface area contributed by atoms with Crippen LogP contribution in [0.25, 0.3) is 0 Å². The van der Waals surface area contributed by atoms with Gasteiger partial charge >= 0.3 is 0 Å². The Morgan fingerprint density at radius 2 is 2.42 bits per heavy atom. The van der Waals surface area contributed by atoms with E-state index in [1.54, 1.807) is 0 Å². The first-order valence-electron chi connectivity index (χ1n) is 4.07. The smallest absolute Gasteiger partial charge is 0.0522 e. The van der Waals surface area contributed by atoms with E-state index < -0.39 is 0 Å². The number of aryl methyl sites for hydroxylation is 1. The molecule has 0 aromatic carbocycles. The summed E-state index contributed by atoms with van der Waals surface area (Å²) >= 11 is 5.51. The Bertz CT molecular complexity index is 222. The molecule has 0 aliphatic rings. The van der Waals surface area contributed by atoms with Gasteiger partial charge in [-0.1, -0.05) is 0 Å². The normalized spacial score (nSPS) is 10.5. The van der Waals surface area contributed by atoms with E-state index >= 15 is 0 Å². The Balaban J connectivity index is 2.15. The highest BCUT2D eigenvalue weighted by atomic mass is 35.5. The van der Waals surface area contributed by atoms with Gasteiger partial charge in [-0.3, -0.25) is 4.68 Å². The van der Waals surface area contributed by atoms with Gasteiger partial charge in [-0.2, -0.15) is 5.10 Å². The average molecular weight is 188 g/mol. The molecule has 1 aromatic heterocycles. The molecule has 0 amide bonds. The number of rotatable bonds is 5. The van der Waals surface area contributed by atoms with E-state index in [4.69, 9.17) is 11.6 Å². The van der Waals surface area contributed by atoms with Crippen LogP contribution < -0.4 is 5.32 Å². The quantitative estimate of drug-likeness (QED) is 0.546. The zero-order valence-electron chi connectivity index (χ0n) is 7.26. The van der Waals surface area contributed by atoms with Crippen molar-refractivity contribution in [2.24, 2.45) is 7.05 Å². The van der Waals surface area contributed by atoms with Gasteiger partial charge in [0.05, 0.1) is 6.20 Å². The third kappa shape index (κ3) is 3.24. The van der Waals surface area contributed by atoms with Crippen LogP contribution in [0.2, 0.25) is 0 Å². The highest BCUT2D eigenvalue weighted by Gasteiger charge is 1.94. The predicted molar refractivity (Wildman–Crippen MR) is 50.5 cm³/mol. The number of hydrogen-bond acceptors (Lipinski definition) is 2. The van der Waals surface area contributed by atoms with Gasteiger partial charge in [0.2, 0.25) is 0 Å². The second kappa shape index (κ2) is 5.17. The van der Waals surface area contributed by atoms with Crippen LogP contribution in [-0.4, -0.2) is 28.8 Å². The van der Waals surface area contributed by atoms with Crippen LogP contribution in [0.5, 0.6) is 0 Å². The van der Waals surface area contributed by atoms with Gasteiger partial charge in [0.1, 0.15) is 0 Å². The zero-order chi connectivity index (χ0) is 8.81. The highest BCUT2D eigenvalue weighted by Crippen LogP contribution is 1.95. The second-order valence-corrected chi connectivity index (χ2v) is 3.09. The lowest BCUT2D eigenvalue weighted by atomic mass is 10.2. The lowest BCUT2D eigenvalue weighted by molar-refractivity contribution is 0.718. The topological polar surface area (TPSA) is 29.9 Å². The van der Waals surface area contributed by atoms with Crippen molar-refractivity contribution in [2.45, 2.75) is 6.42 Å². The van der Waals surface area contributed by atoms with Crippen molar-refractivity contribution in [3.8, 4) is 0 Å². The van der Waals surface area contributed by atoms with E-state index in [9.17, 15) is 0 Å². The summed E-state index contributed by atoms with van der Waals surface area (Å²) in [5.41, 5.74) is 1.26. The Hall–Kier alpha value is -0.540. The van der Waals surface area contributed by atoms with Crippen LogP contribution in [0.15, 0.2) is 12.4 Å². The zero-order valence-corrected chi connectivity index (χ0v) is 8.01. The number of halogens is 1. The van der Waals surface area contributed by atoms with E-state index in [1.807, 2.05) is 24.1 Å². The van der Waals surface area contributed by atoms with Crippen LogP contribution in [0, 0.1) is 0 Å². The molecule has 0 saturated heterocycles. The molecule has 1 N–H and O–H groups in total. The first kappa shape index (κ1) is 9.55. The average Bonchev–Trinajstić information content (AvgIpc) is 2.45. The lowest BCUT2D eigenvalue weighted by Crippen LogP contribution is -2.19. The molecule has 0 aliphatic heterocycles. The maximum Gasteiger partial charge on any atom is 0.0522 e. The summed E-state index contributed by atoms with van der Waals surface area (Å²) in [6.07, 6.45) is 4.94. The molecular formula is C8H14ClN3. The summed E-state index contributed by atoms with van der Waals surface area (Å²) in [4.78, 5) is 0. The van der Waals surface area contributed by atoms with E-state index in [-0.39, 0.29) is 0 Å². The molecule has 0 bridgehead atoms. The van der Waals surface area contributed by atoms with Gasteiger partial charge in [-0.25, -0.2) is 0 Å². The third-order valence-corrected chi connectivity index (χ3v) is 1.81. The Labute approximate surface area is 77.7 Å². The molecule has 0 fully saturated rings. The van der Waals surface area contributed by atoms with Crippen molar-refractivity contribution in [3.05, 3.63) is 18.0 Å². The van der Waals surface area contributed by atoms with Crippen LogP contribution in [0.1, 0.15) is 5.56 Å². The minimum atomic E-state index is 0.674. The van der Waals surface area contributed by atoms with Gasteiger partial charge in [-0.15, -0.1) is 11.6 Å². The summed E-state index contributed by atoms with van der Waals surface area (Å²) in [5.74, 6) is 0.674. The van der Waals surface area contributed by atoms with E-state index in [0.717, 1.165) is 19.5 Å². The number of nitrogens with zero attached hydrogens (tertiary/aromatic N) is 2. The second-order valence-electron chi connectivity index (χ2n) is 2.71. The van der Waals surface area contributed by atoms with Crippen molar-refractivity contribution in [1.82, 2.24) is 15.1 Å². The van der Waals surface area contributed by atoms with Crippen molar-refractivity contribution < 1.29 is 0 Å². The maximum atomic E-state index is 5.51. The fourth-order valence-corrected chi connectivity index (χ4v) is 1.16. The molecule has 0 atom stereocenters. The predicted octanol–water partition coefficient (Wildman–Crippen LogP) is 0.791. The molecule has 1 rings (SSSR count). The first-order chi connectivity index (χ1) is 5.83. The molecule has 0 saturated carbocycles. The summed E-state index contributed by atoms with van der Waals surface area (Å²) in [6, 6.07) is 0. The molecular weight excluding hydrogens is 174 g/mol. The van der Waals surface area contributed by atoms with Crippen molar-refractivity contribution >= 4 is 11.6 Å². The third-order valence-electron chi connectivity index (χ3n) is 1.62. The molecule has 12 heavy (non-hydrogen) atoms. The van der Waals surface area contributed by atoms with Gasteiger partial charge in [0.25, 0.3) is 0 Å². The number of aromatic nitrogens is 2. The molecule has 4 heteroatoms. The number of nitrogens with one attached hydrogen (secondary N) is 1. The maximum absolute atomic E-state index is 5.51. The SMILES string of the molecule is Cn1cc(CCNCCCl)cn1. The molecule has 0 aliphatic carbocycles. The summed E-state index contributed by atoms with van der Waals surface area (Å²) in [7, 11) is 1.93. The first-order valence-corrected chi connectivity index (χ1v) is 4.60. The summed E-state index contributed by atoms with van der Waals surface area (Å²) in [6.45, 7) is 1.85. The summed E-state index contributed by atoms with van der Waals surface area (Å²) in [5, 5.41) is 7.30. The van der Waals surface area contributed by atoms with E-state index in [2.05, 4.69) is 10.4 Å². The monoisotopic (exact) mass is 187 g/mol. The number of hydrogen-bond donors (Lipinski definition) is 1. The van der Waals surface area contributed by atoms with Crippen LogP contribution in [-0.2, 0) is 13.5 Å². The minimum absolute atomic E-state index is 0.674. The molecule has 1 aromatic rings. The highest BCUT2D eigenvalue weighted by molar-refractivity contribution is 6.18. The standard InChI is InChI=1S/C8H14ClN3/c1-12-7-8(6-11-12)2-4-10-5-3-9/h6-7,10H,2-5H2,1H3. The molecule has 0 spiro atoms. The van der Waals surface area contributed by atoms with Crippen molar-refractivity contribution in [2.75, 3.05) is 19.0 Å². The van der Waals surface area contributed by atoms with Crippen LogP contribution in [0.4, 0.5) is 0 Å². The van der Waals surface area contributed by atoms with E-state index in [0.29, 0.717) is 5.88 Å². The van der Waals surface area contributed by atoms with Crippen LogP contribution in [0.3, 0.4) is 0 Å². The molecule has 0 unspecified atom stereocenters. The van der Waals surface area contributed by atoms with Gasteiger partial charge in [0, 0.05) is 25.7 Å². The Morgan fingerprint density at radius 3 is 3.00 bits per heavy atom. The molecule has 0 radical (unpaired) electrons. The van der Waals surface area contributed by atoms with Crippen molar-refractivity contribution in [1.29, 1.82) is 0 Å². The van der Waals surface area contributed by atoms with Crippen LogP contribution >= 0.6 is 11.6 Å². The Morgan fingerprint density at radius 1 is 1.58 bits per heavy atom. The largest absolute Gasteiger partial charge is 0.315 e.